The number of nitrogens with one attached hydrogen (secondary N) is 2. The Bertz CT molecular complexity index is 836. The first-order chi connectivity index (χ1) is 10.4. The van der Waals surface area contributed by atoms with Crippen molar-refractivity contribution < 1.29 is 17.7 Å². The summed E-state index contributed by atoms with van der Waals surface area (Å²) < 4.78 is 31.1. The molecule has 22 heavy (non-hydrogen) atoms. The number of aryl methyl sites for hydroxylation is 1. The van der Waals surface area contributed by atoms with E-state index in [2.05, 4.69) is 15.2 Å². The number of amides is 1. The van der Waals surface area contributed by atoms with Gasteiger partial charge in [-0.25, -0.2) is 13.1 Å². The molecule has 9 heteroatoms. The molecule has 1 aromatic heterocycles. The molecule has 1 amide bonds. The van der Waals surface area contributed by atoms with Gasteiger partial charge in [-0.3, -0.25) is 4.79 Å². The maximum Gasteiger partial charge on any atom is 0.242 e. The lowest BCUT2D eigenvalue weighted by Gasteiger charge is -2.07. The van der Waals surface area contributed by atoms with Crippen molar-refractivity contribution >= 4 is 21.7 Å². The lowest BCUT2D eigenvalue weighted by Crippen LogP contribution is -2.33. The largest absolute Gasteiger partial charge is 0.360 e. The van der Waals surface area contributed by atoms with E-state index in [4.69, 9.17) is 9.78 Å². The van der Waals surface area contributed by atoms with Crippen LogP contribution in [0.2, 0.25) is 0 Å². The minimum atomic E-state index is -3.96. The molecule has 2 N–H and O–H groups in total. The van der Waals surface area contributed by atoms with Gasteiger partial charge in [0.1, 0.15) is 11.8 Å². The van der Waals surface area contributed by atoms with Crippen LogP contribution >= 0.6 is 0 Å². The topological polar surface area (TPSA) is 125 Å². The minimum Gasteiger partial charge on any atom is -0.360 e. The molecule has 0 bridgehead atoms. The number of anilines is 1. The SMILES string of the molecule is Cc1cc(NC(=O)CNS(=O)(=O)c2ccccc2C#N)no1. The van der Waals surface area contributed by atoms with Gasteiger partial charge in [-0.15, -0.1) is 0 Å². The van der Waals surface area contributed by atoms with Crippen LogP contribution < -0.4 is 10.0 Å². The summed E-state index contributed by atoms with van der Waals surface area (Å²) in [7, 11) is -3.96. The number of hydrogen-bond donors (Lipinski definition) is 2. The molecule has 0 fully saturated rings. The number of carbonyl (C=O) groups is 1. The average Bonchev–Trinajstić information content (AvgIpc) is 2.90. The molecule has 0 atom stereocenters. The zero-order valence-corrected chi connectivity index (χ0v) is 12.3. The summed E-state index contributed by atoms with van der Waals surface area (Å²) in [6.45, 7) is 1.16. The number of sulfonamides is 1. The fourth-order valence-electron chi connectivity index (χ4n) is 1.64. The summed E-state index contributed by atoms with van der Waals surface area (Å²) in [5, 5.41) is 14.9. The Morgan fingerprint density at radius 2 is 2.14 bits per heavy atom. The van der Waals surface area contributed by atoms with Crippen molar-refractivity contribution in [1.29, 1.82) is 5.26 Å². The molecular formula is C13H12N4O4S. The van der Waals surface area contributed by atoms with E-state index in [9.17, 15) is 13.2 Å². The highest BCUT2D eigenvalue weighted by molar-refractivity contribution is 7.89. The summed E-state index contributed by atoms with van der Waals surface area (Å²) in [5.41, 5.74) is 0.00235. The molecule has 0 saturated heterocycles. The van der Waals surface area contributed by atoms with Crippen molar-refractivity contribution in [3.63, 3.8) is 0 Å². The predicted octanol–water partition coefficient (Wildman–Crippen LogP) is 0.772. The molecule has 0 saturated carbocycles. The maximum absolute atomic E-state index is 12.1. The lowest BCUT2D eigenvalue weighted by molar-refractivity contribution is -0.115. The second kappa shape index (κ2) is 6.38. The second-order valence-electron chi connectivity index (χ2n) is 4.30. The molecule has 0 unspecified atom stereocenters. The molecule has 1 heterocycles. The van der Waals surface area contributed by atoms with Crippen LogP contribution in [0, 0.1) is 18.3 Å². The van der Waals surface area contributed by atoms with Crippen LogP contribution in [0.15, 0.2) is 39.8 Å². The van der Waals surface area contributed by atoms with E-state index >= 15 is 0 Å². The van der Waals surface area contributed by atoms with E-state index in [-0.39, 0.29) is 16.3 Å². The lowest BCUT2D eigenvalue weighted by atomic mass is 10.2. The number of benzene rings is 1. The third-order valence-corrected chi connectivity index (χ3v) is 4.07. The predicted molar refractivity (Wildman–Crippen MR) is 76.2 cm³/mol. The molecule has 0 aliphatic carbocycles. The van der Waals surface area contributed by atoms with Crippen LogP contribution in [-0.4, -0.2) is 26.0 Å². The van der Waals surface area contributed by atoms with Crippen LogP contribution in [0.25, 0.3) is 0 Å². The van der Waals surface area contributed by atoms with Crippen molar-refractivity contribution in [3.8, 4) is 6.07 Å². The Labute approximate surface area is 126 Å². The molecule has 0 spiro atoms. The van der Waals surface area contributed by atoms with Crippen LogP contribution in [0.3, 0.4) is 0 Å². The third kappa shape index (κ3) is 3.69. The number of rotatable bonds is 5. The van der Waals surface area contributed by atoms with Gasteiger partial charge in [0.05, 0.1) is 17.0 Å². The number of hydrogen-bond acceptors (Lipinski definition) is 6. The van der Waals surface area contributed by atoms with E-state index in [0.717, 1.165) is 0 Å². The van der Waals surface area contributed by atoms with Gasteiger partial charge < -0.3 is 9.84 Å². The minimum absolute atomic E-state index is 0.00235. The highest BCUT2D eigenvalue weighted by Crippen LogP contribution is 2.13. The van der Waals surface area contributed by atoms with Gasteiger partial charge in [-0.2, -0.15) is 5.26 Å². The maximum atomic E-state index is 12.1. The molecule has 2 rings (SSSR count). The van der Waals surface area contributed by atoms with Gasteiger partial charge in [0.15, 0.2) is 5.82 Å². The molecular weight excluding hydrogens is 308 g/mol. The van der Waals surface area contributed by atoms with Crippen LogP contribution in [0.1, 0.15) is 11.3 Å². The van der Waals surface area contributed by atoms with Gasteiger partial charge in [0, 0.05) is 6.07 Å². The van der Waals surface area contributed by atoms with Gasteiger partial charge in [0.2, 0.25) is 15.9 Å². The van der Waals surface area contributed by atoms with E-state index in [1.165, 1.54) is 24.3 Å². The molecule has 0 aliphatic heterocycles. The zero-order valence-electron chi connectivity index (χ0n) is 11.5. The Kier molecular flexibility index (Phi) is 4.55. The van der Waals surface area contributed by atoms with Crippen LogP contribution in [0.5, 0.6) is 0 Å². The highest BCUT2D eigenvalue weighted by Gasteiger charge is 2.19. The van der Waals surface area contributed by atoms with Crippen molar-refractivity contribution in [3.05, 3.63) is 41.7 Å². The van der Waals surface area contributed by atoms with Crippen molar-refractivity contribution in [2.75, 3.05) is 11.9 Å². The summed E-state index contributed by atoms with van der Waals surface area (Å²) in [6.07, 6.45) is 0. The highest BCUT2D eigenvalue weighted by atomic mass is 32.2. The van der Waals surface area contributed by atoms with Crippen molar-refractivity contribution in [1.82, 2.24) is 9.88 Å². The number of nitriles is 1. The molecule has 114 valence electrons. The molecule has 2 aromatic rings. The van der Waals surface area contributed by atoms with E-state index in [1.54, 1.807) is 19.1 Å². The zero-order chi connectivity index (χ0) is 16.2. The van der Waals surface area contributed by atoms with Crippen LogP contribution in [0.4, 0.5) is 5.82 Å². The second-order valence-corrected chi connectivity index (χ2v) is 6.04. The molecule has 0 radical (unpaired) electrons. The molecule has 1 aromatic carbocycles. The third-order valence-electron chi connectivity index (χ3n) is 2.62. The Balaban J connectivity index is 2.04. The van der Waals surface area contributed by atoms with E-state index < -0.39 is 22.5 Å². The average molecular weight is 320 g/mol. The fourth-order valence-corrected chi connectivity index (χ4v) is 2.78. The first-order valence-electron chi connectivity index (χ1n) is 6.14. The quantitative estimate of drug-likeness (QED) is 0.838. The van der Waals surface area contributed by atoms with E-state index in [0.29, 0.717) is 5.76 Å². The van der Waals surface area contributed by atoms with Gasteiger partial charge in [0.25, 0.3) is 0 Å². The first-order valence-corrected chi connectivity index (χ1v) is 7.62. The monoisotopic (exact) mass is 320 g/mol. The van der Waals surface area contributed by atoms with Gasteiger partial charge in [-0.1, -0.05) is 17.3 Å². The van der Waals surface area contributed by atoms with Gasteiger partial charge >= 0.3 is 0 Å². The van der Waals surface area contributed by atoms with E-state index in [1.807, 2.05) is 0 Å². The summed E-state index contributed by atoms with van der Waals surface area (Å²) in [4.78, 5) is 11.5. The summed E-state index contributed by atoms with van der Waals surface area (Å²) in [5.74, 6) is 0.101. The Morgan fingerprint density at radius 3 is 2.77 bits per heavy atom. The first kappa shape index (κ1) is 15.7. The standard InChI is InChI=1S/C13H12N4O4S/c1-9-6-12(17-21-9)16-13(18)8-15-22(19,20)11-5-3-2-4-10(11)7-14/h2-6,15H,8H2,1H3,(H,16,17,18). The summed E-state index contributed by atoms with van der Waals surface area (Å²) in [6, 6.07) is 9.01. The Hall–Kier alpha value is -2.70. The molecule has 8 nitrogen and oxygen atoms in total. The number of nitrogens with zero attached hydrogens (tertiary/aromatic N) is 2. The van der Waals surface area contributed by atoms with Crippen molar-refractivity contribution in [2.45, 2.75) is 11.8 Å². The fraction of sp³-hybridized carbons (Fsp3) is 0.154. The summed E-state index contributed by atoms with van der Waals surface area (Å²) >= 11 is 0. The van der Waals surface area contributed by atoms with Crippen molar-refractivity contribution in [2.24, 2.45) is 0 Å². The smallest absolute Gasteiger partial charge is 0.242 e. The number of aromatic nitrogens is 1. The van der Waals surface area contributed by atoms with Crippen LogP contribution in [-0.2, 0) is 14.8 Å². The Morgan fingerprint density at radius 1 is 1.41 bits per heavy atom. The normalized spacial score (nSPS) is 10.9. The number of carbonyl (C=O) groups excluding carboxylic acids is 1. The molecule has 0 aliphatic rings. The van der Waals surface area contributed by atoms with Gasteiger partial charge in [-0.05, 0) is 19.1 Å².